The lowest BCUT2D eigenvalue weighted by Gasteiger charge is -1.96. The molecule has 0 saturated carbocycles. The fraction of sp³-hybridized carbons (Fsp3) is 0. The Morgan fingerprint density at radius 3 is 2.10 bits per heavy atom. The summed E-state index contributed by atoms with van der Waals surface area (Å²) in [6.07, 6.45) is 0. The minimum absolute atomic E-state index is 0.720. The Kier molecular flexibility index (Phi) is 1.44. The summed E-state index contributed by atoms with van der Waals surface area (Å²) < 4.78 is 0. The summed E-state index contributed by atoms with van der Waals surface area (Å²) in [4.78, 5) is 0. The zero-order chi connectivity index (χ0) is 6.97. The predicted molar refractivity (Wildman–Crippen MR) is 46.5 cm³/mol. The van der Waals surface area contributed by atoms with Gasteiger partial charge in [-0.15, -0.1) is 0 Å². The molecule has 0 unspecified atom stereocenters. The minimum Gasteiger partial charge on any atom is -0.334 e. The smallest absolute Gasteiger partial charge is 0.192 e. The van der Waals surface area contributed by atoms with Crippen LogP contribution >= 0.6 is 18.8 Å². The van der Waals surface area contributed by atoms with E-state index in [9.17, 15) is 0 Å². The zero-order valence-electron chi connectivity index (χ0n) is 5.13. The van der Waals surface area contributed by atoms with E-state index in [1.54, 1.807) is 0 Å². The number of nitrogens with one attached hydrogen (secondary N) is 2. The standard InChI is InChI=1S/C6H6ClN2P/c7-10-8-5-3-1-2-4-6(5)9-10/h1-4,8-9H. The quantitative estimate of drug-likeness (QED) is 0.588. The van der Waals surface area contributed by atoms with Gasteiger partial charge in [0.25, 0.3) is 0 Å². The molecule has 0 bridgehead atoms. The van der Waals surface area contributed by atoms with Crippen LogP contribution in [0.3, 0.4) is 0 Å². The van der Waals surface area contributed by atoms with Gasteiger partial charge in [-0.3, -0.25) is 0 Å². The van der Waals surface area contributed by atoms with Gasteiger partial charge in [0, 0.05) is 0 Å². The highest BCUT2D eigenvalue weighted by atomic mass is 35.7. The summed E-state index contributed by atoms with van der Waals surface area (Å²) in [5.41, 5.74) is 2.20. The van der Waals surface area contributed by atoms with Gasteiger partial charge in [-0.05, 0) is 23.4 Å². The van der Waals surface area contributed by atoms with Crippen LogP contribution in [0.1, 0.15) is 0 Å². The Labute approximate surface area is 65.2 Å². The number of para-hydroxylation sites is 2. The SMILES string of the molecule is ClP1Nc2ccccc2N1. The summed E-state index contributed by atoms with van der Waals surface area (Å²) in [5.74, 6) is 0. The second-order valence-corrected chi connectivity index (χ2v) is 4.07. The minimum atomic E-state index is -0.720. The van der Waals surface area contributed by atoms with Crippen LogP contribution in [-0.2, 0) is 0 Å². The molecular weight excluding hydrogens is 167 g/mol. The predicted octanol–water partition coefficient (Wildman–Crippen LogP) is 2.99. The molecule has 0 atom stereocenters. The Hall–Kier alpha value is -0.460. The first kappa shape index (κ1) is 6.26. The number of hydrogen-bond acceptors (Lipinski definition) is 2. The summed E-state index contributed by atoms with van der Waals surface area (Å²) >= 11 is 5.82. The maximum Gasteiger partial charge on any atom is 0.192 e. The first-order valence-corrected chi connectivity index (χ1v) is 5.19. The second-order valence-electron chi connectivity index (χ2n) is 2.05. The van der Waals surface area contributed by atoms with E-state index in [1.165, 1.54) is 0 Å². The molecule has 1 aromatic rings. The molecule has 0 amide bonds. The van der Waals surface area contributed by atoms with Crippen molar-refractivity contribution in [3.63, 3.8) is 0 Å². The first-order valence-electron chi connectivity index (χ1n) is 2.94. The molecule has 2 N–H and O–H groups in total. The molecule has 2 rings (SSSR count). The van der Waals surface area contributed by atoms with Crippen LogP contribution in [0.4, 0.5) is 11.4 Å². The molecule has 1 heterocycles. The number of halogens is 1. The lowest BCUT2D eigenvalue weighted by atomic mass is 10.3. The van der Waals surface area contributed by atoms with E-state index in [0.717, 1.165) is 11.4 Å². The molecule has 52 valence electrons. The van der Waals surface area contributed by atoms with Crippen molar-refractivity contribution in [1.29, 1.82) is 0 Å². The summed E-state index contributed by atoms with van der Waals surface area (Å²) in [7, 11) is -0.720. The molecule has 1 aliphatic heterocycles. The highest BCUT2D eigenvalue weighted by Gasteiger charge is 2.15. The van der Waals surface area contributed by atoms with Crippen LogP contribution in [0.25, 0.3) is 0 Å². The fourth-order valence-corrected chi connectivity index (χ4v) is 2.33. The van der Waals surface area contributed by atoms with Crippen molar-refractivity contribution in [2.45, 2.75) is 0 Å². The van der Waals surface area contributed by atoms with Gasteiger partial charge in [0.1, 0.15) is 0 Å². The number of rotatable bonds is 0. The number of anilines is 2. The largest absolute Gasteiger partial charge is 0.334 e. The van der Waals surface area contributed by atoms with E-state index in [2.05, 4.69) is 10.2 Å². The van der Waals surface area contributed by atoms with Gasteiger partial charge < -0.3 is 10.2 Å². The van der Waals surface area contributed by atoms with Crippen LogP contribution in [-0.4, -0.2) is 0 Å². The molecule has 0 radical (unpaired) electrons. The molecule has 2 nitrogen and oxygen atoms in total. The van der Waals surface area contributed by atoms with Crippen molar-refractivity contribution in [2.75, 3.05) is 10.2 Å². The lowest BCUT2D eigenvalue weighted by Crippen LogP contribution is -1.78. The molecule has 10 heavy (non-hydrogen) atoms. The Balaban J connectivity index is 2.42. The first-order chi connectivity index (χ1) is 4.86. The summed E-state index contributed by atoms with van der Waals surface area (Å²) in [5, 5.41) is 6.23. The van der Waals surface area contributed by atoms with Gasteiger partial charge >= 0.3 is 0 Å². The van der Waals surface area contributed by atoms with Crippen molar-refractivity contribution in [3.05, 3.63) is 24.3 Å². The molecule has 0 fully saturated rings. The zero-order valence-corrected chi connectivity index (χ0v) is 6.78. The second kappa shape index (κ2) is 2.30. The topological polar surface area (TPSA) is 24.1 Å². The maximum atomic E-state index is 5.82. The van der Waals surface area contributed by atoms with Crippen LogP contribution in [0.15, 0.2) is 24.3 Å². The van der Waals surface area contributed by atoms with Crippen molar-refractivity contribution in [3.8, 4) is 0 Å². The molecule has 1 aliphatic rings. The van der Waals surface area contributed by atoms with Crippen LogP contribution in [0, 0.1) is 0 Å². The number of fused-ring (bicyclic) bond motifs is 1. The average Bonchev–Trinajstić information content (AvgIpc) is 2.27. The molecule has 0 spiro atoms. The van der Waals surface area contributed by atoms with E-state index in [4.69, 9.17) is 11.2 Å². The molecule has 4 heteroatoms. The van der Waals surface area contributed by atoms with Gasteiger partial charge in [0.05, 0.1) is 11.4 Å². The Morgan fingerprint density at radius 2 is 1.60 bits per heavy atom. The maximum absolute atomic E-state index is 5.82. The van der Waals surface area contributed by atoms with E-state index in [-0.39, 0.29) is 0 Å². The monoisotopic (exact) mass is 172 g/mol. The van der Waals surface area contributed by atoms with Crippen molar-refractivity contribution in [2.24, 2.45) is 0 Å². The third kappa shape index (κ3) is 0.938. The van der Waals surface area contributed by atoms with E-state index in [1.807, 2.05) is 24.3 Å². The summed E-state index contributed by atoms with van der Waals surface area (Å²) in [6.45, 7) is 0. The molecular formula is C6H6ClN2P. The van der Waals surface area contributed by atoms with E-state index >= 15 is 0 Å². The molecule has 0 aromatic heterocycles. The molecule has 0 aliphatic carbocycles. The van der Waals surface area contributed by atoms with E-state index < -0.39 is 7.58 Å². The van der Waals surface area contributed by atoms with Gasteiger partial charge in [-0.25, -0.2) is 0 Å². The van der Waals surface area contributed by atoms with Gasteiger partial charge in [0.15, 0.2) is 7.58 Å². The normalized spacial score (nSPS) is 15.7. The highest BCUT2D eigenvalue weighted by Crippen LogP contribution is 2.50. The van der Waals surface area contributed by atoms with Crippen LogP contribution < -0.4 is 10.2 Å². The molecule has 0 saturated heterocycles. The van der Waals surface area contributed by atoms with Gasteiger partial charge in [-0.1, -0.05) is 12.1 Å². The Bertz CT molecular complexity index is 228. The van der Waals surface area contributed by atoms with Crippen molar-refractivity contribution >= 4 is 30.2 Å². The molecule has 1 aromatic carbocycles. The highest BCUT2D eigenvalue weighted by molar-refractivity contribution is 7.86. The summed E-state index contributed by atoms with van der Waals surface area (Å²) in [6, 6.07) is 7.98. The van der Waals surface area contributed by atoms with E-state index in [0.29, 0.717) is 0 Å². The van der Waals surface area contributed by atoms with Gasteiger partial charge in [0.2, 0.25) is 0 Å². The third-order valence-electron chi connectivity index (χ3n) is 1.36. The number of hydrogen-bond donors (Lipinski definition) is 2. The van der Waals surface area contributed by atoms with Crippen LogP contribution in [0.5, 0.6) is 0 Å². The fourth-order valence-electron chi connectivity index (χ4n) is 0.918. The van der Waals surface area contributed by atoms with Crippen molar-refractivity contribution in [1.82, 2.24) is 0 Å². The average molecular weight is 173 g/mol. The van der Waals surface area contributed by atoms with Crippen LogP contribution in [0.2, 0.25) is 0 Å². The third-order valence-corrected chi connectivity index (χ3v) is 2.75. The van der Waals surface area contributed by atoms with Gasteiger partial charge in [-0.2, -0.15) is 0 Å². The number of benzene rings is 1. The Morgan fingerprint density at radius 1 is 1.10 bits per heavy atom. The lowest BCUT2D eigenvalue weighted by molar-refractivity contribution is 1.70. The van der Waals surface area contributed by atoms with Crippen molar-refractivity contribution < 1.29 is 0 Å².